The summed E-state index contributed by atoms with van der Waals surface area (Å²) < 4.78 is 0. The molecule has 0 saturated carbocycles. The number of nitrogens with zero attached hydrogens (tertiary/aromatic N) is 1. The Hall–Kier alpha value is -0.500. The number of carbonyl (C=O) groups is 1. The van der Waals surface area contributed by atoms with E-state index in [2.05, 4.69) is 55.4 Å². The predicted octanol–water partition coefficient (Wildman–Crippen LogP) is 4.97. The summed E-state index contributed by atoms with van der Waals surface area (Å²) in [5.74, 6) is 0.0385. The molecule has 0 aromatic rings. The standard InChI is InChI=1S/C17H30ClNO/c1-12-13(9-16(5,6)11-17(12,7)8)19(14(20)10-18)15(2,3)4/h9-11H2,1-8H3. The van der Waals surface area contributed by atoms with Crippen LogP contribution in [-0.2, 0) is 4.79 Å². The topological polar surface area (TPSA) is 20.3 Å². The third-order valence-corrected chi connectivity index (χ3v) is 4.55. The zero-order valence-electron chi connectivity index (χ0n) is 14.4. The Morgan fingerprint density at radius 1 is 1.25 bits per heavy atom. The lowest BCUT2D eigenvalue weighted by molar-refractivity contribution is -0.131. The van der Waals surface area contributed by atoms with Crippen LogP contribution in [0, 0.1) is 10.8 Å². The Balaban J connectivity index is 3.41. The van der Waals surface area contributed by atoms with Gasteiger partial charge in [0, 0.05) is 11.2 Å². The third-order valence-electron chi connectivity index (χ3n) is 4.32. The van der Waals surface area contributed by atoms with Gasteiger partial charge in [-0.05, 0) is 56.9 Å². The van der Waals surface area contributed by atoms with Gasteiger partial charge in [-0.2, -0.15) is 0 Å². The lowest BCUT2D eigenvalue weighted by Gasteiger charge is -2.48. The minimum absolute atomic E-state index is 0.00187. The van der Waals surface area contributed by atoms with Crippen molar-refractivity contribution in [2.24, 2.45) is 10.8 Å². The summed E-state index contributed by atoms with van der Waals surface area (Å²) in [5.41, 5.74) is 2.57. The zero-order valence-corrected chi connectivity index (χ0v) is 15.1. The van der Waals surface area contributed by atoms with E-state index in [0.717, 1.165) is 12.8 Å². The lowest BCUT2D eigenvalue weighted by atomic mass is 9.64. The Bertz CT molecular complexity index is 427. The molecule has 0 aromatic carbocycles. The summed E-state index contributed by atoms with van der Waals surface area (Å²) >= 11 is 5.85. The summed E-state index contributed by atoms with van der Waals surface area (Å²) in [5, 5.41) is 0. The molecule has 3 heteroatoms. The van der Waals surface area contributed by atoms with Gasteiger partial charge in [0.1, 0.15) is 5.88 Å². The summed E-state index contributed by atoms with van der Waals surface area (Å²) in [7, 11) is 0. The van der Waals surface area contributed by atoms with Gasteiger partial charge >= 0.3 is 0 Å². The van der Waals surface area contributed by atoms with Crippen molar-refractivity contribution in [3.8, 4) is 0 Å². The molecule has 0 unspecified atom stereocenters. The van der Waals surface area contributed by atoms with Gasteiger partial charge in [0.2, 0.25) is 5.91 Å². The van der Waals surface area contributed by atoms with Crippen molar-refractivity contribution in [1.29, 1.82) is 0 Å². The lowest BCUT2D eigenvalue weighted by Crippen LogP contribution is -2.49. The molecular weight excluding hydrogens is 270 g/mol. The van der Waals surface area contributed by atoms with Gasteiger partial charge in [-0.1, -0.05) is 27.7 Å². The largest absolute Gasteiger partial charge is 0.310 e. The first-order chi connectivity index (χ1) is 8.82. The van der Waals surface area contributed by atoms with Crippen LogP contribution in [0.5, 0.6) is 0 Å². The highest BCUT2D eigenvalue weighted by atomic mass is 35.5. The van der Waals surface area contributed by atoms with Crippen LogP contribution in [0.4, 0.5) is 0 Å². The van der Waals surface area contributed by atoms with Gasteiger partial charge in [-0.3, -0.25) is 4.79 Å². The minimum atomic E-state index is -0.244. The first kappa shape index (κ1) is 17.6. The molecule has 20 heavy (non-hydrogen) atoms. The number of hydrogen-bond donors (Lipinski definition) is 0. The number of allylic oxidation sites excluding steroid dienone is 2. The van der Waals surface area contributed by atoms with E-state index in [0.29, 0.717) is 0 Å². The Morgan fingerprint density at radius 3 is 2.15 bits per heavy atom. The molecule has 0 heterocycles. The van der Waals surface area contributed by atoms with E-state index < -0.39 is 0 Å². The molecule has 2 nitrogen and oxygen atoms in total. The molecule has 1 amide bonds. The fraction of sp³-hybridized carbons (Fsp3) is 0.824. The number of carbonyl (C=O) groups excluding carboxylic acids is 1. The van der Waals surface area contributed by atoms with Crippen LogP contribution in [0.25, 0.3) is 0 Å². The summed E-state index contributed by atoms with van der Waals surface area (Å²) in [4.78, 5) is 14.3. The molecule has 0 aliphatic heterocycles. The third kappa shape index (κ3) is 3.58. The quantitative estimate of drug-likeness (QED) is 0.659. The molecule has 0 aromatic heterocycles. The van der Waals surface area contributed by atoms with Gasteiger partial charge in [-0.15, -0.1) is 11.6 Å². The smallest absolute Gasteiger partial charge is 0.242 e. The maximum Gasteiger partial charge on any atom is 0.242 e. The molecule has 116 valence electrons. The number of rotatable bonds is 2. The SMILES string of the molecule is CC1=C(N(C(=O)CCl)C(C)(C)C)CC(C)(C)CC1(C)C. The van der Waals surface area contributed by atoms with E-state index in [1.807, 2.05) is 4.90 Å². The highest BCUT2D eigenvalue weighted by Gasteiger charge is 2.42. The highest BCUT2D eigenvalue weighted by Crippen LogP contribution is 2.50. The van der Waals surface area contributed by atoms with E-state index in [1.165, 1.54) is 11.3 Å². The molecular formula is C17H30ClNO. The summed E-state index contributed by atoms with van der Waals surface area (Å²) in [6.07, 6.45) is 2.07. The summed E-state index contributed by atoms with van der Waals surface area (Å²) in [6, 6.07) is 0. The van der Waals surface area contributed by atoms with Gasteiger partial charge in [0.15, 0.2) is 0 Å². The molecule has 0 saturated heterocycles. The fourth-order valence-corrected chi connectivity index (χ4v) is 3.72. The van der Waals surface area contributed by atoms with Crippen LogP contribution < -0.4 is 0 Å². The first-order valence-electron chi connectivity index (χ1n) is 7.41. The molecule has 0 bridgehead atoms. The van der Waals surface area contributed by atoms with Crippen LogP contribution in [-0.4, -0.2) is 22.2 Å². The molecule has 1 rings (SSSR count). The Morgan fingerprint density at radius 2 is 1.75 bits per heavy atom. The maximum atomic E-state index is 12.4. The van der Waals surface area contributed by atoms with Crippen LogP contribution in [0.3, 0.4) is 0 Å². The van der Waals surface area contributed by atoms with Crippen LogP contribution in [0.1, 0.15) is 68.2 Å². The van der Waals surface area contributed by atoms with Crippen molar-refractivity contribution in [2.75, 3.05) is 5.88 Å². The average molecular weight is 300 g/mol. The van der Waals surface area contributed by atoms with Gasteiger partial charge < -0.3 is 4.90 Å². The summed E-state index contributed by atoms with van der Waals surface area (Å²) in [6.45, 7) is 17.5. The number of halogens is 1. The predicted molar refractivity (Wildman–Crippen MR) is 86.8 cm³/mol. The van der Waals surface area contributed by atoms with Crippen LogP contribution >= 0.6 is 11.6 Å². The van der Waals surface area contributed by atoms with Crippen LogP contribution in [0.15, 0.2) is 11.3 Å². The van der Waals surface area contributed by atoms with Crippen molar-refractivity contribution in [3.63, 3.8) is 0 Å². The average Bonchev–Trinajstić information content (AvgIpc) is 2.21. The van der Waals surface area contributed by atoms with Crippen molar-refractivity contribution < 1.29 is 4.79 Å². The van der Waals surface area contributed by atoms with E-state index in [-0.39, 0.29) is 28.2 Å². The van der Waals surface area contributed by atoms with E-state index in [9.17, 15) is 4.79 Å². The Labute approximate surface area is 129 Å². The molecule has 1 aliphatic rings. The first-order valence-corrected chi connectivity index (χ1v) is 7.94. The van der Waals surface area contributed by atoms with E-state index in [1.54, 1.807) is 0 Å². The second-order valence-corrected chi connectivity index (χ2v) is 8.77. The van der Waals surface area contributed by atoms with Crippen molar-refractivity contribution in [3.05, 3.63) is 11.3 Å². The number of hydrogen-bond acceptors (Lipinski definition) is 1. The minimum Gasteiger partial charge on any atom is -0.310 e. The van der Waals surface area contributed by atoms with Crippen molar-refractivity contribution in [2.45, 2.75) is 73.8 Å². The second kappa shape index (κ2) is 5.36. The van der Waals surface area contributed by atoms with Gasteiger partial charge in [0.05, 0.1) is 0 Å². The number of alkyl halides is 1. The molecule has 0 N–H and O–H groups in total. The molecule has 1 aliphatic carbocycles. The second-order valence-electron chi connectivity index (χ2n) is 8.51. The molecule has 0 spiro atoms. The molecule has 0 radical (unpaired) electrons. The van der Waals surface area contributed by atoms with E-state index >= 15 is 0 Å². The van der Waals surface area contributed by atoms with Crippen molar-refractivity contribution in [1.82, 2.24) is 4.90 Å². The molecule has 0 fully saturated rings. The van der Waals surface area contributed by atoms with Crippen LogP contribution in [0.2, 0.25) is 0 Å². The number of amides is 1. The maximum absolute atomic E-state index is 12.4. The normalized spacial score (nSPS) is 21.9. The van der Waals surface area contributed by atoms with Gasteiger partial charge in [0.25, 0.3) is 0 Å². The Kier molecular flexibility index (Phi) is 4.71. The van der Waals surface area contributed by atoms with E-state index in [4.69, 9.17) is 11.6 Å². The molecule has 0 atom stereocenters. The zero-order chi connectivity index (χ0) is 15.9. The van der Waals surface area contributed by atoms with Crippen molar-refractivity contribution >= 4 is 17.5 Å². The highest BCUT2D eigenvalue weighted by molar-refractivity contribution is 6.27. The van der Waals surface area contributed by atoms with Gasteiger partial charge in [-0.25, -0.2) is 0 Å². The monoisotopic (exact) mass is 299 g/mol. The fourth-order valence-electron chi connectivity index (χ4n) is 3.60.